The Hall–Kier alpha value is -3.16. The van der Waals surface area contributed by atoms with Crippen LogP contribution in [0.3, 0.4) is 0 Å². The fourth-order valence-corrected chi connectivity index (χ4v) is 4.13. The molecule has 32 heavy (non-hydrogen) atoms. The fourth-order valence-electron chi connectivity index (χ4n) is 4.13. The van der Waals surface area contributed by atoms with Gasteiger partial charge in [0.05, 0.1) is 24.6 Å². The lowest BCUT2D eigenvalue weighted by molar-refractivity contribution is -0.143. The van der Waals surface area contributed by atoms with Gasteiger partial charge in [0.15, 0.2) is 0 Å². The summed E-state index contributed by atoms with van der Waals surface area (Å²) >= 11 is 0. The number of carboxylic acids is 1. The quantitative estimate of drug-likeness (QED) is 0.561. The summed E-state index contributed by atoms with van der Waals surface area (Å²) in [5.74, 6) is -0.0529. The Morgan fingerprint density at radius 2 is 1.97 bits per heavy atom. The average molecular weight is 444 g/mol. The first-order valence-corrected chi connectivity index (χ1v) is 10.9. The molecule has 1 fully saturated rings. The lowest BCUT2D eigenvalue weighted by atomic mass is 9.82. The van der Waals surface area contributed by atoms with Crippen molar-refractivity contribution in [2.24, 2.45) is 11.8 Å². The molecule has 1 atom stereocenters. The predicted molar refractivity (Wildman–Crippen MR) is 119 cm³/mol. The molecule has 1 aromatic heterocycles. The Kier molecular flexibility index (Phi) is 7.66. The van der Waals surface area contributed by atoms with Crippen LogP contribution in [0.25, 0.3) is 0 Å². The van der Waals surface area contributed by atoms with Gasteiger partial charge in [-0.1, -0.05) is 0 Å². The molecule has 0 bridgehead atoms. The monoisotopic (exact) mass is 443 g/mol. The highest BCUT2D eigenvalue weighted by atomic mass is 19.1. The van der Waals surface area contributed by atoms with E-state index in [1.54, 1.807) is 12.1 Å². The molecule has 3 N–H and O–H groups in total. The van der Waals surface area contributed by atoms with Crippen molar-refractivity contribution in [2.75, 3.05) is 19.0 Å². The summed E-state index contributed by atoms with van der Waals surface area (Å²) in [5, 5.41) is 15.3. The predicted octanol–water partition coefficient (Wildman–Crippen LogP) is 4.33. The van der Waals surface area contributed by atoms with Gasteiger partial charge in [-0.05, 0) is 75.3 Å². The number of halogens is 1. The number of nitrogens with zero attached hydrogens (tertiary/aromatic N) is 1. The van der Waals surface area contributed by atoms with Crippen molar-refractivity contribution < 1.29 is 23.8 Å². The van der Waals surface area contributed by atoms with E-state index in [2.05, 4.69) is 15.6 Å². The third-order valence-electron chi connectivity index (χ3n) is 6.10. The van der Waals surface area contributed by atoms with Gasteiger partial charge in [-0.25, -0.2) is 9.37 Å². The average Bonchev–Trinajstić information content (AvgIpc) is 2.78. The topological polar surface area (TPSA) is 101 Å². The molecule has 7 nitrogen and oxygen atoms in total. The van der Waals surface area contributed by atoms with E-state index in [9.17, 15) is 14.0 Å². The second-order valence-corrected chi connectivity index (χ2v) is 8.41. The first kappa shape index (κ1) is 23.5. The van der Waals surface area contributed by atoms with Crippen molar-refractivity contribution in [2.45, 2.75) is 45.6 Å². The van der Waals surface area contributed by atoms with Crippen molar-refractivity contribution in [3.63, 3.8) is 0 Å². The zero-order chi connectivity index (χ0) is 23.3. The van der Waals surface area contributed by atoms with E-state index in [-0.39, 0.29) is 23.7 Å². The van der Waals surface area contributed by atoms with E-state index in [0.717, 1.165) is 18.4 Å². The van der Waals surface area contributed by atoms with Gasteiger partial charge in [-0.2, -0.15) is 0 Å². The number of hydrogen-bond donors (Lipinski definition) is 3. The van der Waals surface area contributed by atoms with Crippen LogP contribution in [-0.4, -0.2) is 35.6 Å². The number of aliphatic carboxylic acids is 1. The molecule has 1 aliphatic rings. The van der Waals surface area contributed by atoms with E-state index in [1.165, 1.54) is 25.4 Å². The minimum Gasteiger partial charge on any atom is -0.496 e. The number of aromatic nitrogens is 1. The number of pyridine rings is 1. The van der Waals surface area contributed by atoms with Gasteiger partial charge in [0.25, 0.3) is 5.91 Å². The number of nitrogens with one attached hydrogen (secondary N) is 2. The van der Waals surface area contributed by atoms with Crippen molar-refractivity contribution in [3.05, 3.63) is 53.0 Å². The zero-order valence-corrected chi connectivity index (χ0v) is 18.7. The van der Waals surface area contributed by atoms with Crippen LogP contribution in [0.4, 0.5) is 10.2 Å². The fraction of sp³-hybridized carbons (Fsp3) is 0.458. The van der Waals surface area contributed by atoms with Crippen LogP contribution in [0.15, 0.2) is 30.5 Å². The number of aryl methyl sites for hydroxylation is 1. The number of anilines is 1. The summed E-state index contributed by atoms with van der Waals surface area (Å²) < 4.78 is 19.0. The summed E-state index contributed by atoms with van der Waals surface area (Å²) in [4.78, 5) is 28.0. The number of hydrogen-bond acceptors (Lipinski definition) is 5. The number of carbonyl (C=O) groups excluding carboxylic acids is 1. The van der Waals surface area contributed by atoms with Gasteiger partial charge in [-0.15, -0.1) is 0 Å². The summed E-state index contributed by atoms with van der Waals surface area (Å²) in [6.07, 6.45) is 4.44. The molecule has 0 spiro atoms. The zero-order valence-electron chi connectivity index (χ0n) is 18.7. The maximum Gasteiger partial charge on any atom is 0.306 e. The van der Waals surface area contributed by atoms with Crippen molar-refractivity contribution >= 4 is 17.7 Å². The van der Waals surface area contributed by atoms with E-state index < -0.39 is 5.97 Å². The second kappa shape index (κ2) is 10.4. The van der Waals surface area contributed by atoms with E-state index >= 15 is 0 Å². The van der Waals surface area contributed by atoms with Crippen LogP contribution < -0.4 is 15.4 Å². The molecule has 8 heteroatoms. The number of methoxy groups -OCH3 is 1. The summed E-state index contributed by atoms with van der Waals surface area (Å²) in [6, 6.07) is 5.88. The van der Waals surface area contributed by atoms with Gasteiger partial charge >= 0.3 is 5.97 Å². The number of carboxylic acid groups (broad SMARTS) is 1. The maximum atomic E-state index is 13.7. The smallest absolute Gasteiger partial charge is 0.306 e. The third kappa shape index (κ3) is 5.75. The first-order valence-electron chi connectivity index (χ1n) is 10.9. The molecule has 1 amide bonds. The normalized spacial score (nSPS) is 19.1. The molecule has 0 unspecified atom stereocenters. The third-order valence-corrected chi connectivity index (χ3v) is 6.10. The highest BCUT2D eigenvalue weighted by Crippen LogP contribution is 2.30. The number of amides is 1. The van der Waals surface area contributed by atoms with Gasteiger partial charge < -0.3 is 20.5 Å². The molecule has 1 aromatic carbocycles. The van der Waals surface area contributed by atoms with Crippen LogP contribution >= 0.6 is 0 Å². The van der Waals surface area contributed by atoms with Crippen LogP contribution in [0.5, 0.6) is 5.75 Å². The van der Waals surface area contributed by atoms with E-state index in [1.807, 2.05) is 13.8 Å². The Labute approximate surface area is 187 Å². The molecular formula is C24H30FN3O4. The van der Waals surface area contributed by atoms with Gasteiger partial charge in [0.1, 0.15) is 17.4 Å². The molecule has 0 saturated heterocycles. The Morgan fingerprint density at radius 3 is 2.59 bits per heavy atom. The molecule has 2 aromatic rings. The van der Waals surface area contributed by atoms with Crippen molar-refractivity contribution in [1.82, 2.24) is 10.3 Å². The van der Waals surface area contributed by atoms with Crippen LogP contribution in [-0.2, 0) is 4.79 Å². The summed E-state index contributed by atoms with van der Waals surface area (Å²) in [5.41, 5.74) is 1.93. The van der Waals surface area contributed by atoms with Crippen LogP contribution in [0.2, 0.25) is 0 Å². The van der Waals surface area contributed by atoms with Gasteiger partial charge in [0, 0.05) is 18.3 Å². The largest absolute Gasteiger partial charge is 0.496 e. The summed E-state index contributed by atoms with van der Waals surface area (Å²) in [6.45, 7) is 4.27. The molecule has 1 saturated carbocycles. The molecule has 3 rings (SSSR count). The van der Waals surface area contributed by atoms with Gasteiger partial charge in [-0.3, -0.25) is 9.59 Å². The van der Waals surface area contributed by atoms with Gasteiger partial charge in [0.2, 0.25) is 0 Å². The molecule has 0 aliphatic heterocycles. The SMILES string of the molecule is COc1ccc(F)cc1[C@H](C)Nc1ncc(C(=O)NC[C@H]2CC[C@H](C(=O)O)CC2)cc1C. The number of rotatable bonds is 8. The van der Waals surface area contributed by atoms with E-state index in [0.29, 0.717) is 48.0 Å². The minimum atomic E-state index is -0.729. The standard InChI is InChI=1S/C24H30FN3O4/c1-14-10-18(23(29)27-12-16-4-6-17(7-5-16)24(30)31)13-26-22(14)28-15(2)20-11-19(25)8-9-21(20)32-3/h8-11,13,15-17H,4-7,12H2,1-3H3,(H,26,28)(H,27,29)(H,30,31)/t15-,16-,17-/m0/s1. The highest BCUT2D eigenvalue weighted by Gasteiger charge is 2.26. The Morgan fingerprint density at radius 1 is 1.25 bits per heavy atom. The lowest BCUT2D eigenvalue weighted by Gasteiger charge is -2.26. The minimum absolute atomic E-state index is 0.202. The first-order chi connectivity index (χ1) is 15.3. The Bertz CT molecular complexity index is 974. The highest BCUT2D eigenvalue weighted by molar-refractivity contribution is 5.94. The Balaban J connectivity index is 1.58. The van der Waals surface area contributed by atoms with E-state index in [4.69, 9.17) is 9.84 Å². The molecule has 0 radical (unpaired) electrons. The molecule has 1 heterocycles. The van der Waals surface area contributed by atoms with Crippen LogP contribution in [0.1, 0.15) is 60.1 Å². The lowest BCUT2D eigenvalue weighted by Crippen LogP contribution is -2.32. The second-order valence-electron chi connectivity index (χ2n) is 8.41. The molecule has 172 valence electrons. The maximum absolute atomic E-state index is 13.7. The van der Waals surface area contributed by atoms with Crippen molar-refractivity contribution in [1.29, 1.82) is 0 Å². The molecular weight excluding hydrogens is 413 g/mol. The van der Waals surface area contributed by atoms with Crippen LogP contribution in [0, 0.1) is 24.6 Å². The molecule has 1 aliphatic carbocycles. The van der Waals surface area contributed by atoms with Crippen molar-refractivity contribution in [3.8, 4) is 5.75 Å². The number of benzene rings is 1. The summed E-state index contributed by atoms with van der Waals surface area (Å²) in [7, 11) is 1.54. The number of carbonyl (C=O) groups is 2. The number of ether oxygens (including phenoxy) is 1.